The van der Waals surface area contributed by atoms with Gasteiger partial charge in [0, 0.05) is 102 Å². The third-order valence-electron chi connectivity index (χ3n) is 13.3. The maximum Gasteiger partial charge on any atom is 0.258 e. The maximum atomic E-state index is 13.8. The van der Waals surface area contributed by atoms with E-state index in [1.807, 2.05) is 13.8 Å². The van der Waals surface area contributed by atoms with Crippen LogP contribution in [0.25, 0.3) is 11.4 Å². The smallest absolute Gasteiger partial charge is 0.258 e. The zero-order valence-corrected chi connectivity index (χ0v) is 35.8. The molecule has 62 heavy (non-hydrogen) atoms. The number of hydrogen-bond acceptors (Lipinski definition) is 15. The Morgan fingerprint density at radius 2 is 1.42 bits per heavy atom. The minimum atomic E-state index is -0.229. The molecule has 2 amide bonds. The van der Waals surface area contributed by atoms with Gasteiger partial charge in [-0.05, 0) is 73.0 Å². The van der Waals surface area contributed by atoms with Crippen LogP contribution in [-0.4, -0.2) is 151 Å². The van der Waals surface area contributed by atoms with Gasteiger partial charge in [0.05, 0.1) is 24.3 Å². The van der Waals surface area contributed by atoms with Crippen molar-refractivity contribution in [2.45, 2.75) is 71.1 Å². The highest BCUT2D eigenvalue weighted by Crippen LogP contribution is 2.35. The van der Waals surface area contributed by atoms with E-state index in [2.05, 4.69) is 52.7 Å². The number of rotatable bonds is 9. The first kappa shape index (κ1) is 41.7. The number of nitrogens with two attached hydrogens (primary N) is 1. The first-order valence-electron chi connectivity index (χ1n) is 22.2. The number of carbonyl (C=O) groups is 2. The molecule has 0 bridgehead atoms. The molecule has 7 heterocycles. The van der Waals surface area contributed by atoms with E-state index in [4.69, 9.17) is 25.4 Å². The average Bonchev–Trinajstić information content (AvgIpc) is 3.73. The largest absolute Gasteiger partial charge is 0.508 e. The Bertz CT molecular complexity index is 2250. The monoisotopic (exact) mass is 846 g/mol. The summed E-state index contributed by atoms with van der Waals surface area (Å²) in [6.45, 7) is 15.2. The molecule has 4 saturated heterocycles. The summed E-state index contributed by atoms with van der Waals surface area (Å²) in [5.41, 5.74) is 10.8. The zero-order chi connectivity index (χ0) is 42.9. The van der Waals surface area contributed by atoms with Gasteiger partial charge in [0.2, 0.25) is 23.8 Å². The molecule has 4 aromatic rings. The summed E-state index contributed by atoms with van der Waals surface area (Å²) in [6.07, 6.45) is 6.97. The van der Waals surface area contributed by atoms with Gasteiger partial charge in [0.15, 0.2) is 5.82 Å². The predicted octanol–water partition coefficient (Wildman–Crippen LogP) is 3.46. The quantitative estimate of drug-likeness (QED) is 0.222. The zero-order valence-electron chi connectivity index (χ0n) is 35.8. The standard InChI is InChI=1S/C45H58N12O5/c1-29(2)36-22-37(39(59)23-38(36)58)42(61)57-27-32-4-3-30(21-33(32)28-57)26-52-9-7-35(8-10-52)53-13-15-54(16-14-53)41(60)31-5-11-55(12-6-31)44-49-40(34-24-47-43(46)48-25-34)50-45(51-44)56-17-19-62-20-18-56/h3-4,21-25,29,31,35,58-59H,5-20,26-28H2,1-2H3,(H2,46,47,48). The normalized spacial score (nSPS) is 19.7. The highest BCUT2D eigenvalue weighted by atomic mass is 16.5. The van der Waals surface area contributed by atoms with Crippen LogP contribution in [-0.2, 0) is 29.2 Å². The molecular weight excluding hydrogens is 789 g/mol. The average molecular weight is 847 g/mol. The highest BCUT2D eigenvalue weighted by molar-refractivity contribution is 5.97. The van der Waals surface area contributed by atoms with Crippen molar-refractivity contribution < 1.29 is 24.5 Å². The van der Waals surface area contributed by atoms with Gasteiger partial charge in [-0.15, -0.1) is 0 Å². The lowest BCUT2D eigenvalue weighted by Crippen LogP contribution is -2.55. The number of piperidine rings is 2. The van der Waals surface area contributed by atoms with E-state index in [1.54, 1.807) is 23.4 Å². The second kappa shape index (κ2) is 18.0. The predicted molar refractivity (Wildman–Crippen MR) is 234 cm³/mol. The Balaban J connectivity index is 0.732. The Kier molecular flexibility index (Phi) is 12.1. The number of nitrogens with zero attached hydrogens (tertiary/aromatic N) is 11. The number of nitrogen functional groups attached to an aromatic ring is 1. The molecule has 17 heteroatoms. The van der Waals surface area contributed by atoms with Crippen molar-refractivity contribution in [3.63, 3.8) is 0 Å². The molecule has 17 nitrogen and oxygen atoms in total. The lowest BCUT2D eigenvalue weighted by molar-refractivity contribution is -0.138. The van der Waals surface area contributed by atoms with Crippen molar-refractivity contribution in [1.82, 2.24) is 44.5 Å². The van der Waals surface area contributed by atoms with Gasteiger partial charge in [-0.2, -0.15) is 15.0 Å². The van der Waals surface area contributed by atoms with Crippen molar-refractivity contribution in [1.29, 1.82) is 0 Å². The SMILES string of the molecule is CC(C)c1cc(C(=O)N2Cc3ccc(CN4CCC(N5CCN(C(=O)C6CCN(c7nc(-c8cnc(N)nc8)nc(N8CCOCC8)n7)CC6)CC5)CC4)cc3C2)c(O)cc1O. The van der Waals surface area contributed by atoms with Crippen LogP contribution in [0.15, 0.2) is 42.7 Å². The van der Waals surface area contributed by atoms with Gasteiger partial charge in [-0.3, -0.25) is 19.4 Å². The van der Waals surface area contributed by atoms with E-state index in [1.165, 1.54) is 11.6 Å². The van der Waals surface area contributed by atoms with Gasteiger partial charge >= 0.3 is 0 Å². The lowest BCUT2D eigenvalue weighted by Gasteiger charge is -2.44. The number of hydrogen-bond donors (Lipinski definition) is 3. The number of phenolic OH excluding ortho intramolecular Hbond substituents is 2. The molecular formula is C45H58N12O5. The third-order valence-corrected chi connectivity index (χ3v) is 13.3. The molecule has 0 aliphatic carbocycles. The number of benzene rings is 2. The van der Waals surface area contributed by atoms with Crippen molar-refractivity contribution in [2.75, 3.05) is 94.2 Å². The van der Waals surface area contributed by atoms with Crippen LogP contribution in [0.4, 0.5) is 17.8 Å². The van der Waals surface area contributed by atoms with Crippen LogP contribution >= 0.6 is 0 Å². The first-order valence-corrected chi connectivity index (χ1v) is 22.2. The summed E-state index contributed by atoms with van der Waals surface area (Å²) < 4.78 is 5.56. The highest BCUT2D eigenvalue weighted by Gasteiger charge is 2.34. The van der Waals surface area contributed by atoms with Gasteiger partial charge in [0.25, 0.3) is 5.91 Å². The van der Waals surface area contributed by atoms with Crippen LogP contribution in [0.1, 0.15) is 78.1 Å². The molecule has 0 spiro atoms. The molecule has 0 saturated carbocycles. The summed E-state index contributed by atoms with van der Waals surface area (Å²) in [6, 6.07) is 9.97. The topological polar surface area (TPSA) is 194 Å². The summed E-state index contributed by atoms with van der Waals surface area (Å²) in [7, 11) is 0. The Hall–Kier alpha value is -5.65. The lowest BCUT2D eigenvalue weighted by atomic mass is 9.95. The second-order valence-corrected chi connectivity index (χ2v) is 17.7. The van der Waals surface area contributed by atoms with E-state index >= 15 is 0 Å². The molecule has 5 aliphatic rings. The molecule has 328 valence electrons. The van der Waals surface area contributed by atoms with Crippen LogP contribution in [0, 0.1) is 5.92 Å². The first-order chi connectivity index (χ1) is 30.1. The van der Waals surface area contributed by atoms with Crippen LogP contribution < -0.4 is 15.5 Å². The number of aromatic nitrogens is 5. The minimum absolute atomic E-state index is 0.00566. The summed E-state index contributed by atoms with van der Waals surface area (Å²) in [4.78, 5) is 63.3. The fourth-order valence-corrected chi connectivity index (χ4v) is 9.66. The number of piperazine rings is 1. The van der Waals surface area contributed by atoms with Crippen molar-refractivity contribution in [3.8, 4) is 22.9 Å². The molecule has 0 radical (unpaired) electrons. The molecule has 0 atom stereocenters. The van der Waals surface area contributed by atoms with Crippen LogP contribution in [0.3, 0.4) is 0 Å². The number of carbonyl (C=O) groups excluding carboxylic acids is 2. The van der Waals surface area contributed by atoms with E-state index in [0.29, 0.717) is 87.4 Å². The molecule has 2 aromatic carbocycles. The summed E-state index contributed by atoms with van der Waals surface area (Å²) >= 11 is 0. The Morgan fingerprint density at radius 3 is 2.10 bits per heavy atom. The molecule has 2 aromatic heterocycles. The summed E-state index contributed by atoms with van der Waals surface area (Å²) in [5.74, 6) is 1.75. The fourth-order valence-electron chi connectivity index (χ4n) is 9.66. The number of amides is 2. The number of morpholine rings is 1. The van der Waals surface area contributed by atoms with E-state index < -0.39 is 0 Å². The molecule has 9 rings (SSSR count). The maximum absolute atomic E-state index is 13.8. The molecule has 4 fully saturated rings. The van der Waals surface area contributed by atoms with Crippen LogP contribution in [0.5, 0.6) is 11.5 Å². The molecule has 5 aliphatic heterocycles. The number of likely N-dealkylation sites (tertiary alicyclic amines) is 1. The number of anilines is 3. The third kappa shape index (κ3) is 8.97. The summed E-state index contributed by atoms with van der Waals surface area (Å²) in [5, 5.41) is 20.8. The van der Waals surface area contributed by atoms with Crippen molar-refractivity contribution >= 4 is 29.7 Å². The van der Waals surface area contributed by atoms with Gasteiger partial charge in [-0.25, -0.2) is 9.97 Å². The number of fused-ring (bicyclic) bond motifs is 1. The van der Waals surface area contributed by atoms with Gasteiger partial charge in [-0.1, -0.05) is 32.0 Å². The fraction of sp³-hybridized carbons (Fsp3) is 0.533. The van der Waals surface area contributed by atoms with Gasteiger partial charge < -0.3 is 40.3 Å². The molecule has 0 unspecified atom stereocenters. The second-order valence-electron chi connectivity index (χ2n) is 17.7. The number of phenols is 2. The van der Waals surface area contributed by atoms with Crippen molar-refractivity contribution in [3.05, 3.63) is 70.5 Å². The minimum Gasteiger partial charge on any atom is -0.508 e. The van der Waals surface area contributed by atoms with Gasteiger partial charge in [0.1, 0.15) is 11.5 Å². The van der Waals surface area contributed by atoms with Crippen molar-refractivity contribution in [2.24, 2.45) is 5.92 Å². The molecule has 4 N–H and O–H groups in total. The van der Waals surface area contributed by atoms with E-state index in [-0.39, 0.29) is 46.7 Å². The Labute approximate surface area is 362 Å². The number of aromatic hydroxyl groups is 2. The number of ether oxygens (including phenoxy) is 1. The van der Waals surface area contributed by atoms with Crippen LogP contribution in [0.2, 0.25) is 0 Å². The van der Waals surface area contributed by atoms with E-state index in [9.17, 15) is 19.8 Å². The van der Waals surface area contributed by atoms with E-state index in [0.717, 1.165) is 82.6 Å². The Morgan fingerprint density at radius 1 is 0.758 bits per heavy atom.